The molecule has 0 aromatic carbocycles. The molecule has 0 spiro atoms. The summed E-state index contributed by atoms with van der Waals surface area (Å²) < 4.78 is 2.10. The average Bonchev–Trinajstić information content (AvgIpc) is 2.29. The second-order valence-corrected chi connectivity index (χ2v) is 5.13. The van der Waals surface area contributed by atoms with Gasteiger partial charge < -0.3 is 4.90 Å². The summed E-state index contributed by atoms with van der Waals surface area (Å²) in [5, 5.41) is 0. The summed E-state index contributed by atoms with van der Waals surface area (Å²) in [5.41, 5.74) is 1.20. The van der Waals surface area contributed by atoms with Crippen LogP contribution in [-0.2, 0) is 0 Å². The minimum atomic E-state index is 0.533. The molecule has 1 unspecified atom stereocenters. The summed E-state index contributed by atoms with van der Waals surface area (Å²) in [6.07, 6.45) is 2.43. The molecule has 2 heterocycles. The first-order chi connectivity index (χ1) is 7.66. The van der Waals surface area contributed by atoms with Crippen molar-refractivity contribution in [2.24, 2.45) is 0 Å². The minimum absolute atomic E-state index is 0.533. The Bertz CT molecular complexity index is 354. The molecule has 1 aromatic heterocycles. The molecule has 1 aliphatic heterocycles. The highest BCUT2D eigenvalue weighted by atomic mass is 32.1. The fourth-order valence-electron chi connectivity index (χ4n) is 2.11. The molecule has 88 valence electrons. The minimum Gasteiger partial charge on any atom is -0.363 e. The van der Waals surface area contributed by atoms with Crippen LogP contribution in [0.2, 0.25) is 0 Å². The number of nitrogens with zero attached hydrogens (tertiary/aromatic N) is 3. The van der Waals surface area contributed by atoms with Gasteiger partial charge in [0, 0.05) is 38.8 Å². The van der Waals surface area contributed by atoms with Crippen molar-refractivity contribution in [3.05, 3.63) is 23.9 Å². The lowest BCUT2D eigenvalue weighted by atomic mass is 9.95. The highest BCUT2D eigenvalue weighted by Crippen LogP contribution is 2.27. The zero-order valence-electron chi connectivity index (χ0n) is 9.93. The molecule has 2 rings (SSSR count). The van der Waals surface area contributed by atoms with Crippen molar-refractivity contribution < 1.29 is 0 Å². The molecule has 1 aromatic rings. The van der Waals surface area contributed by atoms with Gasteiger partial charge in [0.2, 0.25) is 0 Å². The van der Waals surface area contributed by atoms with E-state index in [0.29, 0.717) is 5.92 Å². The summed E-state index contributed by atoms with van der Waals surface area (Å²) in [6, 6.07) is 6.27. The number of hydrogen-bond donors (Lipinski definition) is 1. The first-order valence-electron chi connectivity index (χ1n) is 5.75. The van der Waals surface area contributed by atoms with E-state index in [1.165, 1.54) is 18.5 Å². The normalized spacial score (nSPS) is 22.1. The van der Waals surface area contributed by atoms with Gasteiger partial charge in [0.15, 0.2) is 0 Å². The number of pyridine rings is 1. The van der Waals surface area contributed by atoms with E-state index in [4.69, 9.17) is 4.98 Å². The zero-order chi connectivity index (χ0) is 11.5. The highest BCUT2D eigenvalue weighted by molar-refractivity contribution is 7.77. The predicted octanol–water partition coefficient (Wildman–Crippen LogP) is 2.17. The van der Waals surface area contributed by atoms with Gasteiger partial charge in [-0.15, -0.1) is 0 Å². The van der Waals surface area contributed by atoms with Gasteiger partial charge in [0.1, 0.15) is 5.82 Å². The van der Waals surface area contributed by atoms with Crippen molar-refractivity contribution in [3.63, 3.8) is 0 Å². The Balaban J connectivity index is 2.16. The Morgan fingerprint density at radius 1 is 1.44 bits per heavy atom. The van der Waals surface area contributed by atoms with E-state index in [0.717, 1.165) is 18.9 Å². The molecular formula is C12H19N3S. The number of anilines is 1. The molecule has 0 saturated carbocycles. The fourth-order valence-corrected chi connectivity index (χ4v) is 2.45. The van der Waals surface area contributed by atoms with Crippen molar-refractivity contribution >= 4 is 18.6 Å². The third-order valence-corrected chi connectivity index (χ3v) is 3.40. The molecule has 0 aliphatic carbocycles. The standard InChI is InChI=1S/C12H19N3S/c1-14(2)12-7-3-6-11(13-12)10-5-4-8-15(16)9-10/h3,6-7,10,16H,4-5,8-9H2,1-2H3. The molecule has 0 amide bonds. The topological polar surface area (TPSA) is 19.4 Å². The Morgan fingerprint density at radius 3 is 2.94 bits per heavy atom. The Kier molecular flexibility index (Phi) is 3.71. The van der Waals surface area contributed by atoms with Gasteiger partial charge in [0.25, 0.3) is 0 Å². The molecule has 1 fully saturated rings. The van der Waals surface area contributed by atoms with E-state index in [-0.39, 0.29) is 0 Å². The monoisotopic (exact) mass is 237 g/mol. The summed E-state index contributed by atoms with van der Waals surface area (Å²) in [5.74, 6) is 1.57. The van der Waals surface area contributed by atoms with Crippen LogP contribution in [-0.4, -0.2) is 36.5 Å². The molecule has 4 heteroatoms. The van der Waals surface area contributed by atoms with E-state index in [9.17, 15) is 0 Å². The van der Waals surface area contributed by atoms with Crippen LogP contribution in [0.3, 0.4) is 0 Å². The number of thiol groups is 1. The number of aromatic nitrogens is 1. The van der Waals surface area contributed by atoms with Crippen molar-refractivity contribution in [3.8, 4) is 0 Å². The second-order valence-electron chi connectivity index (χ2n) is 4.57. The van der Waals surface area contributed by atoms with Crippen LogP contribution in [0.25, 0.3) is 0 Å². The van der Waals surface area contributed by atoms with Crippen molar-refractivity contribution in [1.82, 2.24) is 9.29 Å². The third kappa shape index (κ3) is 2.68. The molecule has 0 bridgehead atoms. The lowest BCUT2D eigenvalue weighted by molar-refractivity contribution is 0.342. The van der Waals surface area contributed by atoms with Gasteiger partial charge in [-0.05, 0) is 25.0 Å². The summed E-state index contributed by atoms with van der Waals surface area (Å²) in [6.45, 7) is 2.10. The summed E-state index contributed by atoms with van der Waals surface area (Å²) in [7, 11) is 4.05. The number of piperidine rings is 1. The smallest absolute Gasteiger partial charge is 0.128 e. The Labute approximate surface area is 103 Å². The largest absolute Gasteiger partial charge is 0.363 e. The first-order valence-corrected chi connectivity index (χ1v) is 6.15. The highest BCUT2D eigenvalue weighted by Gasteiger charge is 2.20. The fraction of sp³-hybridized carbons (Fsp3) is 0.583. The zero-order valence-corrected chi connectivity index (χ0v) is 10.8. The average molecular weight is 237 g/mol. The lowest BCUT2D eigenvalue weighted by Crippen LogP contribution is -2.27. The number of rotatable bonds is 2. The van der Waals surface area contributed by atoms with Crippen LogP contribution in [0.5, 0.6) is 0 Å². The summed E-state index contributed by atoms with van der Waals surface area (Å²) >= 11 is 4.43. The van der Waals surface area contributed by atoms with E-state index >= 15 is 0 Å². The molecular weight excluding hydrogens is 218 g/mol. The molecule has 16 heavy (non-hydrogen) atoms. The lowest BCUT2D eigenvalue weighted by Gasteiger charge is -2.28. The van der Waals surface area contributed by atoms with Crippen LogP contribution in [0.4, 0.5) is 5.82 Å². The first kappa shape index (κ1) is 11.7. The van der Waals surface area contributed by atoms with E-state index in [1.54, 1.807) is 0 Å². The van der Waals surface area contributed by atoms with Crippen LogP contribution in [0.1, 0.15) is 24.5 Å². The third-order valence-electron chi connectivity index (χ3n) is 3.03. The molecule has 1 aliphatic rings. The van der Waals surface area contributed by atoms with Gasteiger partial charge in [-0.3, -0.25) is 4.31 Å². The maximum absolute atomic E-state index is 4.70. The maximum atomic E-state index is 4.70. The van der Waals surface area contributed by atoms with Crippen LogP contribution < -0.4 is 4.90 Å². The Morgan fingerprint density at radius 2 is 2.25 bits per heavy atom. The van der Waals surface area contributed by atoms with E-state index in [1.807, 2.05) is 25.1 Å². The van der Waals surface area contributed by atoms with E-state index in [2.05, 4.69) is 29.3 Å². The van der Waals surface area contributed by atoms with Gasteiger partial charge in [-0.1, -0.05) is 18.9 Å². The van der Waals surface area contributed by atoms with Crippen LogP contribution >= 0.6 is 12.8 Å². The molecule has 1 atom stereocenters. The molecule has 0 radical (unpaired) electrons. The van der Waals surface area contributed by atoms with Crippen molar-refractivity contribution in [2.75, 3.05) is 32.1 Å². The molecule has 0 N–H and O–H groups in total. The number of hydrogen-bond acceptors (Lipinski definition) is 4. The van der Waals surface area contributed by atoms with Gasteiger partial charge >= 0.3 is 0 Å². The second kappa shape index (κ2) is 5.06. The molecule has 1 saturated heterocycles. The van der Waals surface area contributed by atoms with Gasteiger partial charge in [-0.25, -0.2) is 4.98 Å². The summed E-state index contributed by atoms with van der Waals surface area (Å²) in [4.78, 5) is 6.74. The Hall–Kier alpha value is -0.740. The van der Waals surface area contributed by atoms with Crippen LogP contribution in [0, 0.1) is 0 Å². The van der Waals surface area contributed by atoms with Gasteiger partial charge in [0.05, 0.1) is 0 Å². The van der Waals surface area contributed by atoms with Crippen molar-refractivity contribution in [2.45, 2.75) is 18.8 Å². The van der Waals surface area contributed by atoms with Crippen molar-refractivity contribution in [1.29, 1.82) is 0 Å². The SMILES string of the molecule is CN(C)c1cccc(C2CCCN(S)C2)n1. The van der Waals surface area contributed by atoms with E-state index < -0.39 is 0 Å². The quantitative estimate of drug-likeness (QED) is 0.796. The van der Waals surface area contributed by atoms with Crippen LogP contribution in [0.15, 0.2) is 18.2 Å². The molecule has 3 nitrogen and oxygen atoms in total. The maximum Gasteiger partial charge on any atom is 0.128 e. The van der Waals surface area contributed by atoms with Gasteiger partial charge in [-0.2, -0.15) is 0 Å². The predicted molar refractivity (Wildman–Crippen MR) is 71.1 cm³/mol.